The van der Waals surface area contributed by atoms with Crippen molar-refractivity contribution in [2.45, 2.75) is 91.9 Å². The second-order valence-electron chi connectivity index (χ2n) is 8.34. The van der Waals surface area contributed by atoms with Gasteiger partial charge in [0, 0.05) is 0 Å². The first kappa shape index (κ1) is 28.3. The fourth-order valence-electron chi connectivity index (χ4n) is 4.09. The van der Waals surface area contributed by atoms with Gasteiger partial charge in [0.05, 0.1) is 19.3 Å². The summed E-state index contributed by atoms with van der Waals surface area (Å²) >= 11 is 0. The number of hydrogen-bond acceptors (Lipinski definition) is 15. The lowest BCUT2D eigenvalue weighted by atomic mass is 9.71. The first-order valence-corrected chi connectivity index (χ1v) is 10.2. The highest BCUT2D eigenvalue weighted by molar-refractivity contribution is 5.93. The molecule has 2 rings (SSSR count). The van der Waals surface area contributed by atoms with E-state index in [9.17, 15) is 66.1 Å². The first-order valence-electron chi connectivity index (χ1n) is 10.2. The molecule has 0 aromatic carbocycles. The maximum atomic E-state index is 13.4. The Bertz CT molecular complexity index is 659. The third kappa shape index (κ3) is 4.80. The minimum absolute atomic E-state index is 0.970. The largest absolute Gasteiger partial charge is 0.394 e. The van der Waals surface area contributed by atoms with Gasteiger partial charge in [0.1, 0.15) is 73.2 Å². The lowest BCUT2D eigenvalue weighted by Crippen LogP contribution is -2.79. The number of hydrogen-bond donors (Lipinski definition) is 12. The molecule has 14 atom stereocenters. The van der Waals surface area contributed by atoms with Gasteiger partial charge in [0.15, 0.2) is 5.60 Å². The number of rotatable bonds is 8. The molecule has 0 amide bonds. The number of Topliss-reactive ketones (excluding diaryl/α,β-unsaturated/α-hetero) is 1. The van der Waals surface area contributed by atoms with Crippen LogP contribution < -0.4 is 0 Å². The smallest absolute Gasteiger partial charge is 0.201 e. The Morgan fingerprint density at radius 3 is 1.79 bits per heavy atom. The molecule has 0 spiro atoms. The maximum Gasteiger partial charge on any atom is 0.201 e. The average Bonchev–Trinajstić information content (AvgIpc) is 2.80. The van der Waals surface area contributed by atoms with E-state index in [4.69, 9.17) is 9.47 Å². The molecular formula is C18H32O15. The summed E-state index contributed by atoms with van der Waals surface area (Å²) < 4.78 is 10.6. The molecule has 2 aliphatic rings. The molecule has 33 heavy (non-hydrogen) atoms. The first-order chi connectivity index (χ1) is 15.3. The average molecular weight is 488 g/mol. The quantitative estimate of drug-likeness (QED) is 0.151. The minimum atomic E-state index is -3.13. The Morgan fingerprint density at radius 1 is 0.788 bits per heavy atom. The van der Waals surface area contributed by atoms with Gasteiger partial charge in [-0.05, 0) is 6.92 Å². The van der Waals surface area contributed by atoms with E-state index in [1.54, 1.807) is 0 Å². The third-order valence-corrected chi connectivity index (χ3v) is 6.16. The Labute approximate surface area is 187 Å². The summed E-state index contributed by atoms with van der Waals surface area (Å²) in [5.74, 6) is -1.74. The SMILES string of the molecule is C[C@H](O)[C@H](O)[C@@H](O)[C@@H](O)C(=O)C1(C2O[C@H](CO)[C@H](O)[C@H](O)[C@H]2O)O[C@H](CO)[C@@H](O)[C@H](O)[C@H]1O. The molecule has 0 aromatic heterocycles. The predicted octanol–water partition coefficient (Wildman–Crippen LogP) is -7.93. The van der Waals surface area contributed by atoms with E-state index in [0.29, 0.717) is 0 Å². The van der Waals surface area contributed by atoms with Gasteiger partial charge in [-0.15, -0.1) is 0 Å². The van der Waals surface area contributed by atoms with Crippen LogP contribution in [-0.4, -0.2) is 165 Å². The van der Waals surface area contributed by atoms with E-state index in [0.717, 1.165) is 6.92 Å². The summed E-state index contributed by atoms with van der Waals surface area (Å²) in [4.78, 5) is 13.4. The van der Waals surface area contributed by atoms with Gasteiger partial charge in [-0.2, -0.15) is 0 Å². The molecule has 0 bridgehead atoms. The number of carbonyl (C=O) groups is 1. The summed E-state index contributed by atoms with van der Waals surface area (Å²) in [5.41, 5.74) is -3.13. The fraction of sp³-hybridized carbons (Fsp3) is 0.944. The molecule has 12 N–H and O–H groups in total. The van der Waals surface area contributed by atoms with Crippen LogP contribution in [-0.2, 0) is 14.3 Å². The normalized spacial score (nSPS) is 45.8. The molecular weight excluding hydrogens is 456 g/mol. The van der Waals surface area contributed by atoms with Crippen LogP contribution >= 0.6 is 0 Å². The molecule has 2 aliphatic heterocycles. The molecule has 2 unspecified atom stereocenters. The lowest BCUT2D eigenvalue weighted by molar-refractivity contribution is -0.332. The zero-order chi connectivity index (χ0) is 25.4. The lowest BCUT2D eigenvalue weighted by Gasteiger charge is -2.55. The van der Waals surface area contributed by atoms with E-state index < -0.39 is 104 Å². The molecule has 0 aliphatic carbocycles. The van der Waals surface area contributed by atoms with Gasteiger partial charge in [-0.1, -0.05) is 0 Å². The number of aliphatic hydroxyl groups is 12. The van der Waals surface area contributed by atoms with Crippen LogP contribution in [0.3, 0.4) is 0 Å². The summed E-state index contributed by atoms with van der Waals surface area (Å²) in [7, 11) is 0. The molecule has 15 heteroatoms. The highest BCUT2D eigenvalue weighted by Gasteiger charge is 2.67. The molecule has 2 heterocycles. The molecule has 2 saturated heterocycles. The summed E-state index contributed by atoms with van der Waals surface area (Å²) in [6.07, 6.45) is -27.6. The Kier molecular flexibility index (Phi) is 9.28. The minimum Gasteiger partial charge on any atom is -0.394 e. The predicted molar refractivity (Wildman–Crippen MR) is 101 cm³/mol. The van der Waals surface area contributed by atoms with Crippen molar-refractivity contribution in [1.29, 1.82) is 0 Å². The van der Waals surface area contributed by atoms with Crippen molar-refractivity contribution >= 4 is 5.78 Å². The summed E-state index contributed by atoms with van der Waals surface area (Å²) in [5, 5.41) is 121. The Hall–Kier alpha value is -0.890. The topological polar surface area (TPSA) is 278 Å². The number of ether oxygens (including phenoxy) is 2. The second kappa shape index (κ2) is 10.8. The standard InChI is InChI=1S/C18H32O15/c1-4(21)7(22)10(25)13(28)16(31)18(15(30)12(27)9(24)6(3-20)33-18)17-14(29)11(26)8(23)5(2-19)32-17/h4-15,17,19-30H,2-3H2,1H3/t4-,5+,6+,7-,8-,9+,10+,11-,12-,13+,14+,15+,17?,18?/m0/s1. The van der Waals surface area contributed by atoms with Crippen LogP contribution in [0.4, 0.5) is 0 Å². The van der Waals surface area contributed by atoms with E-state index >= 15 is 0 Å². The molecule has 15 nitrogen and oxygen atoms in total. The van der Waals surface area contributed by atoms with E-state index in [1.807, 2.05) is 0 Å². The third-order valence-electron chi connectivity index (χ3n) is 6.16. The molecule has 0 saturated carbocycles. The number of ketones is 1. The zero-order valence-electron chi connectivity index (χ0n) is 17.5. The van der Waals surface area contributed by atoms with Crippen LogP contribution in [0, 0.1) is 0 Å². The number of carbonyl (C=O) groups excluding carboxylic acids is 1. The zero-order valence-corrected chi connectivity index (χ0v) is 17.5. The summed E-state index contributed by atoms with van der Waals surface area (Å²) in [6.45, 7) is -1.01. The summed E-state index contributed by atoms with van der Waals surface area (Å²) in [6, 6.07) is 0. The van der Waals surface area contributed by atoms with E-state index in [2.05, 4.69) is 0 Å². The van der Waals surface area contributed by atoms with Crippen molar-refractivity contribution in [3.8, 4) is 0 Å². The van der Waals surface area contributed by atoms with Crippen molar-refractivity contribution in [2.24, 2.45) is 0 Å². The van der Waals surface area contributed by atoms with Gasteiger partial charge in [-0.25, -0.2) is 0 Å². The second-order valence-corrected chi connectivity index (χ2v) is 8.34. The van der Waals surface area contributed by atoms with Gasteiger partial charge in [-0.3, -0.25) is 4.79 Å². The van der Waals surface area contributed by atoms with Gasteiger partial charge < -0.3 is 70.8 Å². The van der Waals surface area contributed by atoms with Crippen LogP contribution in [0.1, 0.15) is 6.92 Å². The van der Waals surface area contributed by atoms with Crippen molar-refractivity contribution in [2.75, 3.05) is 13.2 Å². The molecule has 0 aromatic rings. The molecule has 0 radical (unpaired) electrons. The van der Waals surface area contributed by atoms with Gasteiger partial charge >= 0.3 is 0 Å². The van der Waals surface area contributed by atoms with Crippen molar-refractivity contribution in [3.05, 3.63) is 0 Å². The Morgan fingerprint density at radius 2 is 1.30 bits per heavy atom. The highest BCUT2D eigenvalue weighted by atomic mass is 16.6. The van der Waals surface area contributed by atoms with Crippen LogP contribution in [0.15, 0.2) is 0 Å². The van der Waals surface area contributed by atoms with Crippen LogP contribution in [0.2, 0.25) is 0 Å². The maximum absolute atomic E-state index is 13.4. The molecule has 194 valence electrons. The van der Waals surface area contributed by atoms with Crippen molar-refractivity contribution in [1.82, 2.24) is 0 Å². The van der Waals surface area contributed by atoms with Crippen LogP contribution in [0.25, 0.3) is 0 Å². The van der Waals surface area contributed by atoms with Crippen LogP contribution in [0.5, 0.6) is 0 Å². The Balaban J connectivity index is 2.63. The van der Waals surface area contributed by atoms with Gasteiger partial charge in [0.25, 0.3) is 0 Å². The fourth-order valence-corrected chi connectivity index (χ4v) is 4.09. The van der Waals surface area contributed by atoms with E-state index in [-0.39, 0.29) is 0 Å². The van der Waals surface area contributed by atoms with Crippen molar-refractivity contribution < 1.29 is 75.5 Å². The molecule has 2 fully saturated rings. The monoisotopic (exact) mass is 488 g/mol. The van der Waals surface area contributed by atoms with Gasteiger partial charge in [0.2, 0.25) is 5.78 Å². The van der Waals surface area contributed by atoms with Crippen molar-refractivity contribution in [3.63, 3.8) is 0 Å². The van der Waals surface area contributed by atoms with E-state index in [1.165, 1.54) is 0 Å². The number of aliphatic hydroxyl groups excluding tert-OH is 12. The highest BCUT2D eigenvalue weighted by Crippen LogP contribution is 2.41.